The number of hydrogen-bond acceptors (Lipinski definition) is 8. The number of esters is 1. The zero-order valence-corrected chi connectivity index (χ0v) is 21.1. The highest BCUT2D eigenvalue weighted by Gasteiger charge is 2.57. The number of para-hydroxylation sites is 1. The van der Waals surface area contributed by atoms with E-state index >= 15 is 0 Å². The zero-order valence-electron chi connectivity index (χ0n) is 21.1. The number of aromatic nitrogens is 4. The summed E-state index contributed by atoms with van der Waals surface area (Å²) in [6.45, 7) is 1.81. The number of carbonyl (C=O) groups is 2. The van der Waals surface area contributed by atoms with E-state index < -0.39 is 0 Å². The second kappa shape index (κ2) is 9.44. The molecular formula is C28H28N6O4. The summed E-state index contributed by atoms with van der Waals surface area (Å²) in [5, 5.41) is 8.61. The van der Waals surface area contributed by atoms with Crippen molar-refractivity contribution < 1.29 is 19.1 Å². The number of benzene rings is 2. The number of anilines is 1. The van der Waals surface area contributed by atoms with E-state index in [1.165, 1.54) is 13.3 Å². The average molecular weight is 513 g/mol. The van der Waals surface area contributed by atoms with Crippen LogP contribution in [0.4, 0.5) is 5.82 Å². The number of carbonyl (C=O) groups excluding carboxylic acids is 2. The van der Waals surface area contributed by atoms with Crippen molar-refractivity contribution in [1.82, 2.24) is 25.1 Å². The fourth-order valence-corrected chi connectivity index (χ4v) is 5.64. The lowest BCUT2D eigenvalue weighted by Crippen LogP contribution is -2.23. The van der Waals surface area contributed by atoms with Crippen LogP contribution in [0, 0.1) is 11.8 Å². The van der Waals surface area contributed by atoms with E-state index in [2.05, 4.69) is 15.3 Å². The molecule has 2 aromatic heterocycles. The van der Waals surface area contributed by atoms with E-state index in [9.17, 15) is 9.59 Å². The summed E-state index contributed by atoms with van der Waals surface area (Å²) < 4.78 is 12.8. The first-order valence-electron chi connectivity index (χ1n) is 12.6. The molecule has 3 N–H and O–H groups in total. The summed E-state index contributed by atoms with van der Waals surface area (Å²) in [6.07, 6.45) is 3.08. The van der Waals surface area contributed by atoms with E-state index in [1.54, 1.807) is 25.3 Å². The van der Waals surface area contributed by atoms with Crippen LogP contribution in [0.15, 0.2) is 54.9 Å². The molecule has 2 heterocycles. The summed E-state index contributed by atoms with van der Waals surface area (Å²) in [5.41, 5.74) is 9.98. The Bertz CT molecular complexity index is 1530. The topological polar surface area (TPSA) is 134 Å². The number of amides is 1. The summed E-state index contributed by atoms with van der Waals surface area (Å²) in [7, 11) is 1.54. The van der Waals surface area contributed by atoms with E-state index in [0.29, 0.717) is 58.7 Å². The number of hydrogen-bond donors (Lipinski definition) is 2. The van der Waals surface area contributed by atoms with Crippen molar-refractivity contribution in [3.05, 3.63) is 66.0 Å². The maximum absolute atomic E-state index is 12.7. The summed E-state index contributed by atoms with van der Waals surface area (Å²) >= 11 is 0. The Balaban J connectivity index is 1.24. The SMILES string of the molecule is COc1ccccc1C(=O)NCc1ccc(-c2nn([C@@H]3C[C@@H](OC(C)=O)C4CC43)c3ncnc(N)c23)cc1. The van der Waals surface area contributed by atoms with Crippen molar-refractivity contribution in [2.75, 3.05) is 12.8 Å². The average Bonchev–Trinajstić information content (AvgIpc) is 3.51. The van der Waals surface area contributed by atoms with Crippen LogP contribution in [0.1, 0.15) is 41.7 Å². The van der Waals surface area contributed by atoms with Gasteiger partial charge in [0.2, 0.25) is 0 Å². The van der Waals surface area contributed by atoms with Gasteiger partial charge in [0.1, 0.15) is 29.7 Å². The minimum absolute atomic E-state index is 0.0827. The highest BCUT2D eigenvalue weighted by atomic mass is 16.5. The monoisotopic (exact) mass is 512 g/mol. The quantitative estimate of drug-likeness (QED) is 0.359. The normalized spacial score (nSPS) is 21.6. The van der Waals surface area contributed by atoms with Gasteiger partial charge in [0.15, 0.2) is 5.65 Å². The summed E-state index contributed by atoms with van der Waals surface area (Å²) in [4.78, 5) is 32.9. The van der Waals surface area contributed by atoms with Gasteiger partial charge in [0.25, 0.3) is 5.91 Å². The highest BCUT2D eigenvalue weighted by Crippen LogP contribution is 2.59. The van der Waals surface area contributed by atoms with Crippen molar-refractivity contribution in [2.45, 2.75) is 38.5 Å². The largest absolute Gasteiger partial charge is 0.496 e. The maximum atomic E-state index is 12.7. The maximum Gasteiger partial charge on any atom is 0.302 e. The molecule has 1 amide bonds. The minimum Gasteiger partial charge on any atom is -0.496 e. The molecule has 0 aliphatic heterocycles. The molecular weight excluding hydrogens is 484 g/mol. The molecule has 2 aromatic carbocycles. The van der Waals surface area contributed by atoms with Gasteiger partial charge in [-0.1, -0.05) is 36.4 Å². The van der Waals surface area contributed by atoms with Crippen molar-refractivity contribution in [3.8, 4) is 17.0 Å². The molecule has 4 atom stereocenters. The number of nitrogen functional groups attached to an aromatic ring is 1. The molecule has 0 radical (unpaired) electrons. The van der Waals surface area contributed by atoms with Crippen LogP contribution in [0.3, 0.4) is 0 Å². The molecule has 10 heteroatoms. The fourth-order valence-electron chi connectivity index (χ4n) is 5.64. The van der Waals surface area contributed by atoms with Crippen molar-refractivity contribution in [3.63, 3.8) is 0 Å². The van der Waals surface area contributed by atoms with Crippen LogP contribution < -0.4 is 15.8 Å². The molecule has 2 aliphatic carbocycles. The van der Waals surface area contributed by atoms with Gasteiger partial charge in [0, 0.05) is 31.4 Å². The molecule has 6 rings (SSSR count). The van der Waals surface area contributed by atoms with Gasteiger partial charge in [-0.15, -0.1) is 0 Å². The second-order valence-electron chi connectivity index (χ2n) is 9.84. The van der Waals surface area contributed by atoms with Crippen LogP contribution in [0.5, 0.6) is 5.75 Å². The third-order valence-corrected chi connectivity index (χ3v) is 7.52. The number of ether oxygens (including phenoxy) is 2. The van der Waals surface area contributed by atoms with E-state index in [0.717, 1.165) is 17.5 Å². The lowest BCUT2D eigenvalue weighted by Gasteiger charge is -2.17. The number of nitrogens with one attached hydrogen (secondary N) is 1. The first-order chi connectivity index (χ1) is 18.4. The highest BCUT2D eigenvalue weighted by molar-refractivity contribution is 5.98. The van der Waals surface area contributed by atoms with Gasteiger partial charge < -0.3 is 20.5 Å². The van der Waals surface area contributed by atoms with E-state index in [4.69, 9.17) is 20.3 Å². The fraction of sp³-hybridized carbons (Fsp3) is 0.321. The van der Waals surface area contributed by atoms with Crippen LogP contribution >= 0.6 is 0 Å². The number of rotatable bonds is 7. The lowest BCUT2D eigenvalue weighted by molar-refractivity contribution is -0.147. The molecule has 2 aliphatic rings. The van der Waals surface area contributed by atoms with Gasteiger partial charge in [0.05, 0.1) is 24.1 Å². The molecule has 2 fully saturated rings. The van der Waals surface area contributed by atoms with Crippen LogP contribution in [0.25, 0.3) is 22.3 Å². The van der Waals surface area contributed by atoms with Crippen LogP contribution in [-0.4, -0.2) is 44.8 Å². The molecule has 0 saturated heterocycles. The van der Waals surface area contributed by atoms with Gasteiger partial charge >= 0.3 is 5.97 Å². The molecule has 0 bridgehead atoms. The Hall–Kier alpha value is -4.47. The smallest absolute Gasteiger partial charge is 0.302 e. The van der Waals surface area contributed by atoms with Crippen LogP contribution in [-0.2, 0) is 16.1 Å². The van der Waals surface area contributed by atoms with Gasteiger partial charge in [-0.25, -0.2) is 14.6 Å². The van der Waals surface area contributed by atoms with Crippen molar-refractivity contribution >= 4 is 28.7 Å². The third-order valence-electron chi connectivity index (χ3n) is 7.52. The molecule has 2 unspecified atom stereocenters. The molecule has 194 valence electrons. The lowest BCUT2D eigenvalue weighted by atomic mass is 10.1. The van der Waals surface area contributed by atoms with Gasteiger partial charge in [-0.3, -0.25) is 9.59 Å². The van der Waals surface area contributed by atoms with E-state index in [-0.39, 0.29) is 24.0 Å². The van der Waals surface area contributed by atoms with E-state index in [1.807, 2.05) is 35.0 Å². The summed E-state index contributed by atoms with van der Waals surface area (Å²) in [5.74, 6) is 1.21. The number of fused-ring (bicyclic) bond motifs is 2. The minimum atomic E-state index is -0.252. The summed E-state index contributed by atoms with van der Waals surface area (Å²) in [6, 6.07) is 15.0. The number of nitrogens with zero attached hydrogens (tertiary/aromatic N) is 4. The first-order valence-corrected chi connectivity index (χ1v) is 12.6. The molecule has 2 saturated carbocycles. The van der Waals surface area contributed by atoms with Crippen molar-refractivity contribution in [1.29, 1.82) is 0 Å². The Morgan fingerprint density at radius 2 is 1.87 bits per heavy atom. The Morgan fingerprint density at radius 3 is 2.63 bits per heavy atom. The van der Waals surface area contributed by atoms with Crippen molar-refractivity contribution in [2.24, 2.45) is 11.8 Å². The third kappa shape index (κ3) is 4.21. The zero-order chi connectivity index (χ0) is 26.4. The molecule has 0 spiro atoms. The Labute approximate surface area is 219 Å². The van der Waals surface area contributed by atoms with Crippen LogP contribution in [0.2, 0.25) is 0 Å². The predicted octanol–water partition coefficient (Wildman–Crippen LogP) is 3.53. The Kier molecular flexibility index (Phi) is 5.94. The Morgan fingerprint density at radius 1 is 1.08 bits per heavy atom. The first kappa shape index (κ1) is 23.9. The number of nitrogens with two attached hydrogens (primary N) is 1. The molecule has 38 heavy (non-hydrogen) atoms. The standard InChI is InChI=1S/C28H28N6O4/c1-15(35)38-23-12-21(19-11-20(19)23)34-27-24(26(29)31-14-32-27)25(33-34)17-9-7-16(8-10-17)13-30-28(36)18-5-3-4-6-22(18)37-2/h3-10,14,19-21,23H,11-13H2,1-2H3,(H,30,36)(H2,29,31,32)/t19?,20?,21-,23-/m1/s1. The molecule has 4 aromatic rings. The molecule has 10 nitrogen and oxygen atoms in total. The number of methoxy groups -OCH3 is 1. The predicted molar refractivity (Wildman–Crippen MR) is 140 cm³/mol. The second-order valence-corrected chi connectivity index (χ2v) is 9.84. The van der Waals surface area contributed by atoms with Gasteiger partial charge in [-0.05, 0) is 30.0 Å². The van der Waals surface area contributed by atoms with Gasteiger partial charge in [-0.2, -0.15) is 5.10 Å².